The highest BCUT2D eigenvalue weighted by Gasteiger charge is 2.28. The van der Waals surface area contributed by atoms with Gasteiger partial charge in [-0.2, -0.15) is 0 Å². The Hall–Kier alpha value is -3.44. The van der Waals surface area contributed by atoms with Crippen LogP contribution in [0.15, 0.2) is 64.0 Å². The largest absolute Gasteiger partial charge is 0.496 e. The molecule has 11 heteroatoms. The fourth-order valence-electron chi connectivity index (χ4n) is 3.59. The number of nitrogens with zero attached hydrogens (tertiary/aromatic N) is 1. The van der Waals surface area contributed by atoms with E-state index in [0.29, 0.717) is 38.7 Å². The van der Waals surface area contributed by atoms with Gasteiger partial charge in [-0.3, -0.25) is 9.10 Å². The van der Waals surface area contributed by atoms with Crippen LogP contribution in [0.2, 0.25) is 0 Å². The van der Waals surface area contributed by atoms with E-state index in [2.05, 4.69) is 21.2 Å². The summed E-state index contributed by atoms with van der Waals surface area (Å²) in [7, 11) is 1.91. The highest BCUT2D eigenvalue weighted by Crippen LogP contribution is 2.38. The Bertz CT molecular complexity index is 1340. The average Bonchev–Trinajstić information content (AvgIpc) is 2.90. The van der Waals surface area contributed by atoms with Crippen LogP contribution in [-0.4, -0.2) is 49.3 Å². The molecule has 1 amide bonds. The van der Waals surface area contributed by atoms with E-state index in [4.69, 9.17) is 18.9 Å². The smallest absolute Gasteiger partial charge is 0.264 e. The molecule has 0 atom stereocenters. The van der Waals surface area contributed by atoms with Gasteiger partial charge in [0.2, 0.25) is 11.7 Å². The van der Waals surface area contributed by atoms with E-state index in [1.165, 1.54) is 40.6 Å². The molecule has 3 aromatic rings. The number of hydrogen-bond donors (Lipinski definition) is 1. The molecule has 3 aromatic carbocycles. The van der Waals surface area contributed by atoms with Crippen LogP contribution in [0.3, 0.4) is 0 Å². The molecule has 0 aliphatic rings. The number of anilines is 1. The number of carbonyl (C=O) groups excluding carboxylic acids is 1. The van der Waals surface area contributed by atoms with Gasteiger partial charge in [-0.05, 0) is 70.9 Å². The van der Waals surface area contributed by atoms with E-state index in [0.717, 1.165) is 9.87 Å². The summed E-state index contributed by atoms with van der Waals surface area (Å²) in [4.78, 5) is 13.0. The molecule has 0 aromatic heterocycles. The lowest BCUT2D eigenvalue weighted by atomic mass is 10.1. The van der Waals surface area contributed by atoms with E-state index >= 15 is 0 Å². The van der Waals surface area contributed by atoms with Crippen LogP contribution in [0.5, 0.6) is 23.0 Å². The van der Waals surface area contributed by atoms with Crippen molar-refractivity contribution in [3.63, 3.8) is 0 Å². The minimum atomic E-state index is -4.09. The molecule has 0 radical (unpaired) electrons. The minimum Gasteiger partial charge on any atom is -0.496 e. The van der Waals surface area contributed by atoms with Gasteiger partial charge < -0.3 is 24.3 Å². The lowest BCUT2D eigenvalue weighted by Gasteiger charge is -2.24. The Balaban J connectivity index is 1.88. The van der Waals surface area contributed by atoms with Crippen LogP contribution in [0.4, 0.5) is 5.69 Å². The number of sulfonamides is 1. The lowest BCUT2D eigenvalue weighted by molar-refractivity contribution is -0.119. The number of nitrogens with one attached hydrogen (secondary N) is 1. The Morgan fingerprint density at radius 2 is 1.46 bits per heavy atom. The van der Waals surface area contributed by atoms with Gasteiger partial charge in [0.1, 0.15) is 12.3 Å². The maximum Gasteiger partial charge on any atom is 0.264 e. The second-order valence-electron chi connectivity index (χ2n) is 7.95. The van der Waals surface area contributed by atoms with Crippen molar-refractivity contribution in [3.8, 4) is 23.0 Å². The fourth-order valence-corrected chi connectivity index (χ4v) is 5.73. The van der Waals surface area contributed by atoms with Gasteiger partial charge in [0.05, 0.1) is 43.5 Å². The summed E-state index contributed by atoms with van der Waals surface area (Å²) >= 11 is 3.33. The van der Waals surface area contributed by atoms with Gasteiger partial charge >= 0.3 is 0 Å². The SMILES string of the molecule is COc1ccc(S(=O)(=O)N(CC(=O)NCc2cc(OC)c(OC)c(OC)c2)c2ccc(C)cc2)cc1Br. The quantitative estimate of drug-likeness (QED) is 0.354. The molecule has 0 heterocycles. The predicted octanol–water partition coefficient (Wildman–Crippen LogP) is 4.30. The molecule has 0 bridgehead atoms. The number of halogens is 1. The Morgan fingerprint density at radius 3 is 1.97 bits per heavy atom. The van der Waals surface area contributed by atoms with E-state index in [9.17, 15) is 13.2 Å². The fraction of sp³-hybridized carbons (Fsp3) is 0.269. The number of amides is 1. The summed E-state index contributed by atoms with van der Waals surface area (Å²) < 4.78 is 50.1. The summed E-state index contributed by atoms with van der Waals surface area (Å²) in [5.74, 6) is 1.32. The van der Waals surface area contributed by atoms with Crippen molar-refractivity contribution in [2.24, 2.45) is 0 Å². The molecule has 3 rings (SSSR count). The molecule has 1 N–H and O–H groups in total. The predicted molar refractivity (Wildman–Crippen MR) is 144 cm³/mol. The van der Waals surface area contributed by atoms with E-state index in [1.54, 1.807) is 42.5 Å². The van der Waals surface area contributed by atoms with Gasteiger partial charge in [-0.1, -0.05) is 17.7 Å². The first-order valence-corrected chi connectivity index (χ1v) is 13.4. The maximum absolute atomic E-state index is 13.7. The molecule has 0 spiro atoms. The third-order valence-corrected chi connectivity index (χ3v) is 7.92. The number of rotatable bonds is 11. The summed E-state index contributed by atoms with van der Waals surface area (Å²) in [6.45, 7) is 1.58. The molecule has 0 saturated carbocycles. The number of carbonyl (C=O) groups is 1. The van der Waals surface area contributed by atoms with Crippen LogP contribution in [0.1, 0.15) is 11.1 Å². The third-order valence-electron chi connectivity index (χ3n) is 5.53. The van der Waals surface area contributed by atoms with Crippen LogP contribution < -0.4 is 28.6 Å². The summed E-state index contributed by atoms with van der Waals surface area (Å²) in [6, 6.07) is 14.8. The minimum absolute atomic E-state index is 0.0122. The zero-order chi connectivity index (χ0) is 27.2. The van der Waals surface area contributed by atoms with E-state index in [-0.39, 0.29) is 11.4 Å². The Morgan fingerprint density at radius 1 is 0.865 bits per heavy atom. The first-order valence-electron chi connectivity index (χ1n) is 11.1. The van der Waals surface area contributed by atoms with Gasteiger partial charge in [0, 0.05) is 6.54 Å². The molecule has 9 nitrogen and oxygen atoms in total. The number of hydrogen-bond acceptors (Lipinski definition) is 7. The van der Waals surface area contributed by atoms with Gasteiger partial charge in [-0.25, -0.2) is 8.42 Å². The topological polar surface area (TPSA) is 103 Å². The van der Waals surface area contributed by atoms with E-state index < -0.39 is 22.5 Å². The first kappa shape index (κ1) is 28.1. The van der Waals surface area contributed by atoms with Crippen molar-refractivity contribution in [2.45, 2.75) is 18.4 Å². The van der Waals surface area contributed by atoms with Crippen LogP contribution in [0.25, 0.3) is 0 Å². The van der Waals surface area contributed by atoms with Crippen LogP contribution in [-0.2, 0) is 21.4 Å². The number of ether oxygens (including phenoxy) is 4. The number of aryl methyl sites for hydroxylation is 1. The van der Waals surface area contributed by atoms with Crippen LogP contribution >= 0.6 is 15.9 Å². The summed E-state index contributed by atoms with van der Waals surface area (Å²) in [5, 5.41) is 2.78. The Labute approximate surface area is 225 Å². The molecule has 0 fully saturated rings. The highest BCUT2D eigenvalue weighted by atomic mass is 79.9. The van der Waals surface area contributed by atoms with Crippen molar-refractivity contribution in [2.75, 3.05) is 39.3 Å². The average molecular weight is 593 g/mol. The molecule has 0 aliphatic heterocycles. The molecule has 0 saturated heterocycles. The number of methoxy groups -OCH3 is 4. The van der Waals surface area contributed by atoms with Crippen molar-refractivity contribution in [1.29, 1.82) is 0 Å². The summed E-state index contributed by atoms with van der Waals surface area (Å²) in [5.41, 5.74) is 2.01. The standard InChI is InChI=1S/C26H29BrN2O7S/c1-17-6-8-19(9-7-17)29(37(31,32)20-10-11-22(33-2)21(27)14-20)16-25(30)28-15-18-12-23(34-3)26(36-5)24(13-18)35-4/h6-14H,15-16H2,1-5H3,(H,28,30). The van der Waals surface area contributed by atoms with Crippen molar-refractivity contribution in [3.05, 3.63) is 70.2 Å². The molecule has 198 valence electrons. The molecular formula is C26H29BrN2O7S. The van der Waals surface area contributed by atoms with Gasteiger partial charge in [0.15, 0.2) is 11.5 Å². The summed E-state index contributed by atoms with van der Waals surface area (Å²) in [6.07, 6.45) is 0. The second kappa shape index (κ2) is 12.2. The number of benzene rings is 3. The maximum atomic E-state index is 13.7. The lowest BCUT2D eigenvalue weighted by Crippen LogP contribution is -2.40. The zero-order valence-electron chi connectivity index (χ0n) is 21.2. The Kier molecular flexibility index (Phi) is 9.28. The van der Waals surface area contributed by atoms with Crippen molar-refractivity contribution >= 4 is 37.5 Å². The van der Waals surface area contributed by atoms with Gasteiger partial charge in [-0.15, -0.1) is 0 Å². The third kappa shape index (κ3) is 6.47. The molecular weight excluding hydrogens is 564 g/mol. The molecule has 0 aliphatic carbocycles. The van der Waals surface area contributed by atoms with E-state index in [1.807, 2.05) is 6.92 Å². The van der Waals surface area contributed by atoms with Crippen molar-refractivity contribution in [1.82, 2.24) is 5.32 Å². The second-order valence-corrected chi connectivity index (χ2v) is 10.7. The first-order chi connectivity index (χ1) is 17.6. The highest BCUT2D eigenvalue weighted by molar-refractivity contribution is 9.10. The zero-order valence-corrected chi connectivity index (χ0v) is 23.6. The molecule has 37 heavy (non-hydrogen) atoms. The van der Waals surface area contributed by atoms with Crippen molar-refractivity contribution < 1.29 is 32.2 Å². The van der Waals surface area contributed by atoms with Gasteiger partial charge in [0.25, 0.3) is 10.0 Å². The molecule has 0 unspecified atom stereocenters. The normalized spacial score (nSPS) is 11.0. The van der Waals surface area contributed by atoms with Crippen LogP contribution in [0, 0.1) is 6.92 Å². The monoisotopic (exact) mass is 592 g/mol.